The van der Waals surface area contributed by atoms with E-state index in [0.29, 0.717) is 12.4 Å². The molecule has 0 fully saturated rings. The molecule has 0 atom stereocenters. The Morgan fingerprint density at radius 2 is 2.19 bits per heavy atom. The Labute approximate surface area is 124 Å². The van der Waals surface area contributed by atoms with Crippen molar-refractivity contribution in [1.82, 2.24) is 20.1 Å². The van der Waals surface area contributed by atoms with E-state index in [0.717, 1.165) is 23.3 Å². The number of nitrogens with one attached hydrogen (secondary N) is 1. The number of carbonyl (C=O) groups excluding carboxylic acids is 1. The molecule has 1 amide bonds. The van der Waals surface area contributed by atoms with Crippen LogP contribution in [0.4, 0.5) is 0 Å². The highest BCUT2D eigenvalue weighted by Crippen LogP contribution is 2.21. The summed E-state index contributed by atoms with van der Waals surface area (Å²) in [5.74, 6) is 1.46. The molecule has 0 spiro atoms. The maximum absolute atomic E-state index is 12.3. The van der Waals surface area contributed by atoms with Crippen LogP contribution < -0.4 is 4.74 Å². The number of rotatable bonds is 5. The Morgan fingerprint density at radius 1 is 1.43 bits per heavy atom. The molecule has 21 heavy (non-hydrogen) atoms. The summed E-state index contributed by atoms with van der Waals surface area (Å²) in [6.07, 6.45) is 0.718. The number of carbonyl (C=O) groups is 1. The van der Waals surface area contributed by atoms with Crippen molar-refractivity contribution >= 4 is 5.91 Å². The van der Waals surface area contributed by atoms with Gasteiger partial charge in [-0.1, -0.05) is 24.6 Å². The molecule has 0 saturated carbocycles. The number of aromatic nitrogens is 3. The normalized spacial score (nSPS) is 10.5. The van der Waals surface area contributed by atoms with Crippen LogP contribution in [0.2, 0.25) is 0 Å². The molecule has 0 aliphatic rings. The number of ether oxygens (including phenoxy) is 1. The summed E-state index contributed by atoms with van der Waals surface area (Å²) in [5.41, 5.74) is 2.08. The lowest BCUT2D eigenvalue weighted by atomic mass is 10.1. The first kappa shape index (κ1) is 15.0. The Hall–Kier alpha value is -2.37. The molecule has 0 aliphatic carbocycles. The topological polar surface area (TPSA) is 71.1 Å². The molecule has 1 aromatic carbocycles. The second kappa shape index (κ2) is 6.39. The van der Waals surface area contributed by atoms with Gasteiger partial charge in [0.25, 0.3) is 5.91 Å². The smallest absolute Gasteiger partial charge is 0.293 e. The molecular formula is C15H20N4O2. The van der Waals surface area contributed by atoms with Gasteiger partial charge in [0, 0.05) is 25.6 Å². The minimum absolute atomic E-state index is 0.195. The van der Waals surface area contributed by atoms with Gasteiger partial charge in [-0.2, -0.15) is 0 Å². The largest absolute Gasteiger partial charge is 0.496 e. The Balaban J connectivity index is 2.15. The molecule has 1 aromatic heterocycles. The number of aromatic amines is 1. The van der Waals surface area contributed by atoms with Crippen LogP contribution in [0.25, 0.3) is 0 Å². The molecule has 0 unspecified atom stereocenters. The average Bonchev–Trinajstić information content (AvgIpc) is 2.95. The summed E-state index contributed by atoms with van der Waals surface area (Å²) in [4.78, 5) is 18.0. The summed E-state index contributed by atoms with van der Waals surface area (Å²) < 4.78 is 5.33. The highest BCUT2D eigenvalue weighted by atomic mass is 16.5. The van der Waals surface area contributed by atoms with E-state index in [1.165, 1.54) is 0 Å². The molecule has 0 saturated heterocycles. The Morgan fingerprint density at radius 3 is 2.81 bits per heavy atom. The fraction of sp³-hybridized carbons (Fsp3) is 0.400. The highest BCUT2D eigenvalue weighted by molar-refractivity contribution is 5.90. The van der Waals surface area contributed by atoms with Gasteiger partial charge in [-0.05, 0) is 13.0 Å². The first-order valence-corrected chi connectivity index (χ1v) is 6.85. The van der Waals surface area contributed by atoms with Crippen molar-refractivity contribution in [3.05, 3.63) is 41.0 Å². The molecule has 6 heteroatoms. The number of methoxy groups -OCH3 is 1. The van der Waals surface area contributed by atoms with E-state index in [-0.39, 0.29) is 11.7 Å². The second-order valence-electron chi connectivity index (χ2n) is 4.94. The number of hydrogen-bond donors (Lipinski definition) is 1. The van der Waals surface area contributed by atoms with E-state index >= 15 is 0 Å². The van der Waals surface area contributed by atoms with Gasteiger partial charge in [-0.3, -0.25) is 9.89 Å². The summed E-state index contributed by atoms with van der Waals surface area (Å²) in [6.45, 7) is 4.41. The maximum Gasteiger partial charge on any atom is 0.293 e. The van der Waals surface area contributed by atoms with Gasteiger partial charge < -0.3 is 9.64 Å². The lowest BCUT2D eigenvalue weighted by molar-refractivity contribution is 0.0772. The predicted molar refractivity (Wildman–Crippen MR) is 79.3 cm³/mol. The van der Waals surface area contributed by atoms with Gasteiger partial charge >= 0.3 is 0 Å². The maximum atomic E-state index is 12.3. The van der Waals surface area contributed by atoms with Crippen LogP contribution in [-0.4, -0.2) is 40.1 Å². The fourth-order valence-electron chi connectivity index (χ4n) is 2.08. The molecule has 1 N–H and O–H groups in total. The zero-order valence-electron chi connectivity index (χ0n) is 12.8. The third-order valence-electron chi connectivity index (χ3n) is 3.25. The van der Waals surface area contributed by atoms with Gasteiger partial charge in [0.05, 0.1) is 7.11 Å². The van der Waals surface area contributed by atoms with Crippen LogP contribution in [0, 0.1) is 6.92 Å². The van der Waals surface area contributed by atoms with Gasteiger partial charge in [0.15, 0.2) is 0 Å². The molecule has 0 bridgehead atoms. The minimum atomic E-state index is -0.213. The molecule has 2 aromatic rings. The monoisotopic (exact) mass is 288 g/mol. The van der Waals surface area contributed by atoms with Crippen LogP contribution in [0.3, 0.4) is 0 Å². The number of benzene rings is 1. The lowest BCUT2D eigenvalue weighted by Gasteiger charge is -2.17. The predicted octanol–water partition coefficient (Wildman–Crippen LogP) is 1.96. The lowest BCUT2D eigenvalue weighted by Crippen LogP contribution is -2.27. The van der Waals surface area contributed by atoms with Crippen LogP contribution in [-0.2, 0) is 13.0 Å². The SMILES string of the molecule is CCc1nc(C(=O)N(C)Cc2cc(C)ccc2OC)n[nH]1. The summed E-state index contributed by atoms with van der Waals surface area (Å²) in [5, 5.41) is 6.70. The van der Waals surface area contributed by atoms with E-state index < -0.39 is 0 Å². The molecule has 0 aliphatic heterocycles. The fourth-order valence-corrected chi connectivity index (χ4v) is 2.08. The Kier molecular flexibility index (Phi) is 4.57. The summed E-state index contributed by atoms with van der Waals surface area (Å²) >= 11 is 0. The molecule has 6 nitrogen and oxygen atoms in total. The van der Waals surface area contributed by atoms with Crippen LogP contribution in [0.15, 0.2) is 18.2 Å². The molecule has 1 heterocycles. The van der Waals surface area contributed by atoms with E-state index in [2.05, 4.69) is 15.2 Å². The van der Waals surface area contributed by atoms with Crippen molar-refractivity contribution in [2.75, 3.05) is 14.2 Å². The number of nitrogens with zero attached hydrogens (tertiary/aromatic N) is 3. The second-order valence-corrected chi connectivity index (χ2v) is 4.94. The van der Waals surface area contributed by atoms with E-state index in [4.69, 9.17) is 4.74 Å². The van der Waals surface area contributed by atoms with Gasteiger partial charge in [0.2, 0.25) is 5.82 Å². The number of aryl methyl sites for hydroxylation is 2. The van der Waals surface area contributed by atoms with Crippen LogP contribution in [0.1, 0.15) is 34.5 Å². The minimum Gasteiger partial charge on any atom is -0.496 e. The van der Waals surface area contributed by atoms with Crippen molar-refractivity contribution in [3.63, 3.8) is 0 Å². The third-order valence-corrected chi connectivity index (χ3v) is 3.25. The molecule has 2 rings (SSSR count). The summed E-state index contributed by atoms with van der Waals surface area (Å²) in [6, 6.07) is 5.90. The van der Waals surface area contributed by atoms with Crippen molar-refractivity contribution in [1.29, 1.82) is 0 Å². The standard InChI is InChI=1S/C15H20N4O2/c1-5-13-16-14(18-17-13)15(20)19(3)9-11-8-10(2)6-7-12(11)21-4/h6-8H,5,9H2,1-4H3,(H,16,17,18). The first-order valence-electron chi connectivity index (χ1n) is 6.85. The zero-order valence-corrected chi connectivity index (χ0v) is 12.8. The average molecular weight is 288 g/mol. The van der Waals surface area contributed by atoms with Crippen molar-refractivity contribution in [3.8, 4) is 5.75 Å². The first-order chi connectivity index (χ1) is 10.0. The quantitative estimate of drug-likeness (QED) is 0.913. The highest BCUT2D eigenvalue weighted by Gasteiger charge is 2.18. The van der Waals surface area contributed by atoms with Crippen LogP contribution >= 0.6 is 0 Å². The van der Waals surface area contributed by atoms with Gasteiger partial charge in [0.1, 0.15) is 11.6 Å². The zero-order chi connectivity index (χ0) is 15.4. The third kappa shape index (κ3) is 3.39. The van der Waals surface area contributed by atoms with Crippen molar-refractivity contribution in [2.45, 2.75) is 26.8 Å². The molecular weight excluding hydrogens is 268 g/mol. The Bertz CT molecular complexity index is 636. The number of H-pyrrole nitrogens is 1. The molecule has 112 valence electrons. The van der Waals surface area contributed by atoms with Crippen molar-refractivity contribution in [2.24, 2.45) is 0 Å². The van der Waals surface area contributed by atoms with E-state index in [1.807, 2.05) is 32.0 Å². The van der Waals surface area contributed by atoms with Crippen molar-refractivity contribution < 1.29 is 9.53 Å². The number of amides is 1. The van der Waals surface area contributed by atoms with E-state index in [1.54, 1.807) is 19.1 Å². The van der Waals surface area contributed by atoms with Gasteiger partial charge in [-0.25, -0.2) is 4.98 Å². The van der Waals surface area contributed by atoms with E-state index in [9.17, 15) is 4.79 Å². The number of hydrogen-bond acceptors (Lipinski definition) is 4. The summed E-state index contributed by atoms with van der Waals surface area (Å²) in [7, 11) is 3.35. The van der Waals surface area contributed by atoms with Gasteiger partial charge in [-0.15, -0.1) is 5.10 Å². The van der Waals surface area contributed by atoms with Crippen LogP contribution in [0.5, 0.6) is 5.75 Å². The molecule has 0 radical (unpaired) electrons.